The normalized spacial score (nSPS) is 17.8. The van der Waals surface area contributed by atoms with Crippen molar-refractivity contribution in [2.24, 2.45) is 0 Å². The number of ether oxygens (including phenoxy) is 1. The van der Waals surface area contributed by atoms with Crippen LogP contribution in [-0.2, 0) is 4.74 Å². The van der Waals surface area contributed by atoms with Crippen molar-refractivity contribution in [1.29, 1.82) is 0 Å². The van der Waals surface area contributed by atoms with Crippen LogP contribution >= 0.6 is 0 Å². The predicted octanol–water partition coefficient (Wildman–Crippen LogP) is 2.31. The SMILES string of the molecule is Cc1cc(C)c(C(=O)NCC#CC2CCCCO2)c(C)n1. The summed E-state index contributed by atoms with van der Waals surface area (Å²) in [4.78, 5) is 16.5. The van der Waals surface area contributed by atoms with Crippen LogP contribution in [0.4, 0.5) is 0 Å². The average molecular weight is 286 g/mol. The topological polar surface area (TPSA) is 51.2 Å². The van der Waals surface area contributed by atoms with Crippen LogP contribution in [0.2, 0.25) is 0 Å². The van der Waals surface area contributed by atoms with Gasteiger partial charge in [-0.15, -0.1) is 0 Å². The van der Waals surface area contributed by atoms with Crippen molar-refractivity contribution >= 4 is 5.91 Å². The molecule has 4 nitrogen and oxygen atoms in total. The summed E-state index contributed by atoms with van der Waals surface area (Å²) in [6.45, 7) is 6.84. The minimum absolute atomic E-state index is 0.0279. The highest BCUT2D eigenvalue weighted by atomic mass is 16.5. The third-order valence-electron chi connectivity index (χ3n) is 3.53. The Morgan fingerprint density at radius 1 is 1.43 bits per heavy atom. The number of hydrogen-bond acceptors (Lipinski definition) is 3. The largest absolute Gasteiger partial charge is 0.366 e. The smallest absolute Gasteiger partial charge is 0.254 e. The predicted molar refractivity (Wildman–Crippen MR) is 82.1 cm³/mol. The van der Waals surface area contributed by atoms with E-state index in [1.165, 1.54) is 6.42 Å². The highest BCUT2D eigenvalue weighted by Gasteiger charge is 2.13. The maximum Gasteiger partial charge on any atom is 0.254 e. The number of carbonyl (C=O) groups excluding carboxylic acids is 1. The molecule has 2 rings (SSSR count). The quantitative estimate of drug-likeness (QED) is 0.849. The van der Waals surface area contributed by atoms with E-state index in [0.717, 1.165) is 36.4 Å². The summed E-state index contributed by atoms with van der Waals surface area (Å²) in [5, 5.41) is 2.83. The molecule has 112 valence electrons. The molecule has 1 aromatic rings. The van der Waals surface area contributed by atoms with E-state index in [9.17, 15) is 4.79 Å². The Morgan fingerprint density at radius 2 is 2.24 bits per heavy atom. The van der Waals surface area contributed by atoms with E-state index < -0.39 is 0 Å². The van der Waals surface area contributed by atoms with Crippen LogP contribution in [0.15, 0.2) is 6.07 Å². The first kappa shape index (κ1) is 15.5. The summed E-state index contributed by atoms with van der Waals surface area (Å²) in [6.07, 6.45) is 3.30. The summed E-state index contributed by atoms with van der Waals surface area (Å²) < 4.78 is 5.52. The number of rotatable bonds is 2. The van der Waals surface area contributed by atoms with Gasteiger partial charge in [0.25, 0.3) is 5.91 Å². The van der Waals surface area contributed by atoms with Gasteiger partial charge in [0, 0.05) is 12.3 Å². The van der Waals surface area contributed by atoms with Crippen LogP contribution < -0.4 is 5.32 Å². The van der Waals surface area contributed by atoms with Gasteiger partial charge >= 0.3 is 0 Å². The lowest BCUT2D eigenvalue weighted by atomic mass is 10.1. The van der Waals surface area contributed by atoms with Crippen LogP contribution in [0.3, 0.4) is 0 Å². The Bertz CT molecular complexity index is 555. The molecular formula is C17H22N2O2. The Hall–Kier alpha value is -1.86. The molecule has 1 N–H and O–H groups in total. The van der Waals surface area contributed by atoms with E-state index in [1.54, 1.807) is 0 Å². The van der Waals surface area contributed by atoms with Crippen LogP contribution in [-0.4, -0.2) is 30.1 Å². The molecule has 1 saturated heterocycles. The zero-order valence-electron chi connectivity index (χ0n) is 13.0. The van der Waals surface area contributed by atoms with E-state index in [4.69, 9.17) is 4.74 Å². The number of pyridine rings is 1. The van der Waals surface area contributed by atoms with Crippen LogP contribution in [0.25, 0.3) is 0 Å². The number of amides is 1. The number of aryl methyl sites for hydroxylation is 3. The minimum atomic E-state index is -0.114. The lowest BCUT2D eigenvalue weighted by Gasteiger charge is -2.17. The molecule has 0 aliphatic carbocycles. The molecule has 0 aromatic carbocycles. The first-order valence-electron chi connectivity index (χ1n) is 7.41. The van der Waals surface area contributed by atoms with E-state index >= 15 is 0 Å². The lowest BCUT2D eigenvalue weighted by Crippen LogP contribution is -2.26. The zero-order valence-corrected chi connectivity index (χ0v) is 13.0. The molecule has 1 fully saturated rings. The van der Waals surface area contributed by atoms with Gasteiger partial charge in [-0.3, -0.25) is 9.78 Å². The van der Waals surface area contributed by atoms with E-state index in [0.29, 0.717) is 12.1 Å². The molecule has 1 aliphatic heterocycles. The molecule has 1 unspecified atom stereocenters. The highest BCUT2D eigenvalue weighted by molar-refractivity contribution is 5.96. The monoisotopic (exact) mass is 286 g/mol. The third kappa shape index (κ3) is 4.30. The van der Waals surface area contributed by atoms with Crippen molar-refractivity contribution in [3.05, 3.63) is 28.6 Å². The van der Waals surface area contributed by atoms with E-state index in [1.807, 2.05) is 26.8 Å². The molecule has 21 heavy (non-hydrogen) atoms. The third-order valence-corrected chi connectivity index (χ3v) is 3.53. The maximum absolute atomic E-state index is 12.2. The lowest BCUT2D eigenvalue weighted by molar-refractivity contribution is 0.0525. The second-order valence-electron chi connectivity index (χ2n) is 5.40. The van der Waals surface area contributed by atoms with Gasteiger partial charge < -0.3 is 10.1 Å². The summed E-state index contributed by atoms with van der Waals surface area (Å²) >= 11 is 0. The van der Waals surface area contributed by atoms with Gasteiger partial charge in [0.1, 0.15) is 6.10 Å². The Kier molecular flexibility index (Phi) is 5.35. The van der Waals surface area contributed by atoms with Crippen LogP contribution in [0.1, 0.15) is 46.6 Å². The van der Waals surface area contributed by atoms with Gasteiger partial charge in [-0.2, -0.15) is 0 Å². The molecule has 1 aromatic heterocycles. The maximum atomic E-state index is 12.2. The Balaban J connectivity index is 1.92. The minimum Gasteiger partial charge on any atom is -0.366 e. The van der Waals surface area contributed by atoms with Gasteiger partial charge in [0.2, 0.25) is 0 Å². The van der Waals surface area contributed by atoms with Crippen molar-refractivity contribution in [3.8, 4) is 11.8 Å². The molecule has 0 radical (unpaired) electrons. The molecule has 4 heteroatoms. The van der Waals surface area contributed by atoms with Gasteiger partial charge in [0.05, 0.1) is 17.8 Å². The zero-order chi connectivity index (χ0) is 15.2. The van der Waals surface area contributed by atoms with Crippen molar-refractivity contribution in [2.75, 3.05) is 13.2 Å². The fraction of sp³-hybridized carbons (Fsp3) is 0.529. The number of carbonyl (C=O) groups is 1. The molecule has 0 spiro atoms. The number of hydrogen-bond donors (Lipinski definition) is 1. The molecule has 2 heterocycles. The summed E-state index contributed by atoms with van der Waals surface area (Å²) in [6, 6.07) is 1.92. The molecule has 0 saturated carbocycles. The average Bonchev–Trinajstić information content (AvgIpc) is 2.43. The number of nitrogens with one attached hydrogen (secondary N) is 1. The molecule has 0 bridgehead atoms. The number of nitrogens with zero attached hydrogens (tertiary/aromatic N) is 1. The number of aromatic nitrogens is 1. The Labute approximate surface area is 126 Å². The first-order chi connectivity index (χ1) is 10.1. The van der Waals surface area contributed by atoms with Gasteiger partial charge in [-0.1, -0.05) is 11.8 Å². The fourth-order valence-corrected chi connectivity index (χ4v) is 2.60. The van der Waals surface area contributed by atoms with E-state index in [-0.39, 0.29) is 12.0 Å². The fourth-order valence-electron chi connectivity index (χ4n) is 2.60. The molecule has 1 amide bonds. The van der Waals surface area contributed by atoms with Crippen molar-refractivity contribution < 1.29 is 9.53 Å². The van der Waals surface area contributed by atoms with Crippen LogP contribution in [0.5, 0.6) is 0 Å². The molecular weight excluding hydrogens is 264 g/mol. The van der Waals surface area contributed by atoms with Crippen molar-refractivity contribution in [1.82, 2.24) is 10.3 Å². The summed E-state index contributed by atoms with van der Waals surface area (Å²) in [7, 11) is 0. The second-order valence-corrected chi connectivity index (χ2v) is 5.40. The molecule has 1 atom stereocenters. The summed E-state index contributed by atoms with van der Waals surface area (Å²) in [5.41, 5.74) is 3.28. The Morgan fingerprint density at radius 3 is 2.90 bits per heavy atom. The highest BCUT2D eigenvalue weighted by Crippen LogP contribution is 2.13. The van der Waals surface area contributed by atoms with Crippen molar-refractivity contribution in [2.45, 2.75) is 46.1 Å². The first-order valence-corrected chi connectivity index (χ1v) is 7.41. The van der Waals surface area contributed by atoms with E-state index in [2.05, 4.69) is 22.1 Å². The standard InChI is InChI=1S/C17H22N2O2/c1-12-11-13(2)19-14(3)16(12)17(20)18-9-6-8-15-7-4-5-10-21-15/h11,15H,4-5,7,9-10H2,1-3H3,(H,18,20). The van der Waals surface area contributed by atoms with Gasteiger partial charge in [-0.05, 0) is 51.7 Å². The second kappa shape index (κ2) is 7.24. The van der Waals surface area contributed by atoms with Gasteiger partial charge in [-0.25, -0.2) is 0 Å². The van der Waals surface area contributed by atoms with Crippen molar-refractivity contribution in [3.63, 3.8) is 0 Å². The van der Waals surface area contributed by atoms with Gasteiger partial charge in [0.15, 0.2) is 0 Å². The van der Waals surface area contributed by atoms with Crippen LogP contribution in [0, 0.1) is 32.6 Å². The summed E-state index contributed by atoms with van der Waals surface area (Å²) in [5.74, 6) is 5.93. The molecule has 1 aliphatic rings.